The van der Waals surface area contributed by atoms with Gasteiger partial charge in [-0.2, -0.15) is 0 Å². The van der Waals surface area contributed by atoms with Crippen molar-refractivity contribution in [1.29, 1.82) is 0 Å². The number of carbonyl (C=O) groups excluding carboxylic acids is 1. The number of allylic oxidation sites excluding steroid dienone is 2. The molecule has 1 heterocycles. The van der Waals surface area contributed by atoms with E-state index in [1.165, 1.54) is 11.3 Å². The molecule has 1 amide bonds. The van der Waals surface area contributed by atoms with Gasteiger partial charge in [-0.05, 0) is 56.2 Å². The summed E-state index contributed by atoms with van der Waals surface area (Å²) < 4.78 is 0. The second-order valence-electron chi connectivity index (χ2n) is 8.34. The van der Waals surface area contributed by atoms with E-state index in [0.717, 1.165) is 31.9 Å². The summed E-state index contributed by atoms with van der Waals surface area (Å²) >= 11 is 0. The van der Waals surface area contributed by atoms with Crippen LogP contribution in [-0.2, 0) is 9.59 Å². The lowest BCUT2D eigenvalue weighted by molar-refractivity contribution is -0.146. The quantitative estimate of drug-likeness (QED) is 0.719. The van der Waals surface area contributed by atoms with Crippen LogP contribution in [0.1, 0.15) is 18.4 Å². The summed E-state index contributed by atoms with van der Waals surface area (Å²) in [5.41, 5.74) is 4.37. The van der Waals surface area contributed by atoms with Gasteiger partial charge in [0.1, 0.15) is 0 Å². The number of amides is 1. The zero-order chi connectivity index (χ0) is 21.8. The van der Waals surface area contributed by atoms with Crippen molar-refractivity contribution in [2.75, 3.05) is 41.3 Å². The maximum atomic E-state index is 12.6. The number of carboxylic acids is 1. The van der Waals surface area contributed by atoms with E-state index < -0.39 is 17.8 Å². The summed E-state index contributed by atoms with van der Waals surface area (Å²) in [6.07, 6.45) is 4.60. The lowest BCUT2D eigenvalue weighted by atomic mass is 9.82. The Morgan fingerprint density at radius 3 is 1.81 bits per heavy atom. The van der Waals surface area contributed by atoms with E-state index in [1.807, 2.05) is 36.4 Å². The van der Waals surface area contributed by atoms with Crippen LogP contribution < -0.4 is 15.1 Å². The van der Waals surface area contributed by atoms with E-state index in [-0.39, 0.29) is 5.91 Å². The van der Waals surface area contributed by atoms with E-state index in [2.05, 4.69) is 46.3 Å². The van der Waals surface area contributed by atoms with Crippen LogP contribution in [0.4, 0.5) is 17.1 Å². The summed E-state index contributed by atoms with van der Waals surface area (Å²) in [5.74, 6) is -2.33. The van der Waals surface area contributed by atoms with E-state index in [9.17, 15) is 14.7 Å². The number of carboxylic acid groups (broad SMARTS) is 1. The average molecular weight is 420 g/mol. The van der Waals surface area contributed by atoms with Crippen LogP contribution in [0.25, 0.3) is 0 Å². The van der Waals surface area contributed by atoms with Crippen molar-refractivity contribution in [3.8, 4) is 0 Å². The molecule has 6 heteroatoms. The van der Waals surface area contributed by atoms with Gasteiger partial charge in [0.2, 0.25) is 5.91 Å². The van der Waals surface area contributed by atoms with Gasteiger partial charge < -0.3 is 20.2 Å². The molecular formula is C25H29N3O3. The fourth-order valence-corrected chi connectivity index (χ4v) is 4.35. The number of rotatable bonds is 5. The first-order valence-corrected chi connectivity index (χ1v) is 10.9. The highest BCUT2D eigenvalue weighted by Gasteiger charge is 2.34. The molecule has 2 aliphatic rings. The van der Waals surface area contributed by atoms with Crippen molar-refractivity contribution < 1.29 is 14.7 Å². The predicted octanol–water partition coefficient (Wildman–Crippen LogP) is 3.93. The number of aliphatic carboxylic acids is 1. The molecule has 0 radical (unpaired) electrons. The van der Waals surface area contributed by atoms with Gasteiger partial charge >= 0.3 is 5.97 Å². The van der Waals surface area contributed by atoms with E-state index >= 15 is 0 Å². The maximum absolute atomic E-state index is 12.6. The van der Waals surface area contributed by atoms with Crippen LogP contribution in [0.15, 0.2) is 60.7 Å². The Bertz CT molecular complexity index is 945. The molecule has 162 valence electrons. The molecule has 0 saturated carbocycles. The molecule has 4 rings (SSSR count). The Morgan fingerprint density at radius 2 is 1.29 bits per heavy atom. The van der Waals surface area contributed by atoms with Gasteiger partial charge in [-0.3, -0.25) is 9.59 Å². The van der Waals surface area contributed by atoms with Crippen molar-refractivity contribution in [3.63, 3.8) is 0 Å². The molecule has 2 atom stereocenters. The molecule has 0 spiro atoms. The molecule has 31 heavy (non-hydrogen) atoms. The third-order valence-electron chi connectivity index (χ3n) is 6.27. The second-order valence-corrected chi connectivity index (χ2v) is 8.34. The Hall–Kier alpha value is -3.28. The first-order valence-electron chi connectivity index (χ1n) is 10.9. The van der Waals surface area contributed by atoms with Gasteiger partial charge in [0, 0.05) is 43.2 Å². The average Bonchev–Trinajstić information content (AvgIpc) is 2.80. The van der Waals surface area contributed by atoms with Gasteiger partial charge in [0.05, 0.1) is 11.8 Å². The van der Waals surface area contributed by atoms with Crippen molar-refractivity contribution in [1.82, 2.24) is 0 Å². The molecule has 0 bridgehead atoms. The molecule has 2 aromatic rings. The molecule has 2 N–H and O–H groups in total. The van der Waals surface area contributed by atoms with Crippen LogP contribution in [0.5, 0.6) is 0 Å². The van der Waals surface area contributed by atoms with Gasteiger partial charge in [-0.25, -0.2) is 0 Å². The van der Waals surface area contributed by atoms with Gasteiger partial charge in [0.15, 0.2) is 0 Å². The number of piperazine rings is 1. The van der Waals surface area contributed by atoms with E-state index in [0.29, 0.717) is 18.5 Å². The topological polar surface area (TPSA) is 72.9 Å². The zero-order valence-corrected chi connectivity index (χ0v) is 17.8. The molecule has 6 nitrogen and oxygen atoms in total. The summed E-state index contributed by atoms with van der Waals surface area (Å²) in [5, 5.41) is 12.3. The highest BCUT2D eigenvalue weighted by molar-refractivity contribution is 5.95. The van der Waals surface area contributed by atoms with E-state index in [4.69, 9.17) is 0 Å². The third-order valence-corrected chi connectivity index (χ3v) is 6.27. The minimum Gasteiger partial charge on any atom is -0.481 e. The first kappa shape index (κ1) is 21.0. The van der Waals surface area contributed by atoms with Crippen LogP contribution >= 0.6 is 0 Å². The van der Waals surface area contributed by atoms with Crippen LogP contribution in [0, 0.1) is 18.8 Å². The number of hydrogen-bond acceptors (Lipinski definition) is 4. The Balaban J connectivity index is 1.33. The Labute approximate surface area is 183 Å². The van der Waals surface area contributed by atoms with Crippen LogP contribution in [-0.4, -0.2) is 43.2 Å². The Kier molecular flexibility index (Phi) is 6.26. The maximum Gasteiger partial charge on any atom is 0.307 e. The molecule has 0 aromatic heterocycles. The summed E-state index contributed by atoms with van der Waals surface area (Å²) in [6.45, 7) is 5.91. The highest BCUT2D eigenvalue weighted by atomic mass is 16.4. The number of hydrogen-bond donors (Lipinski definition) is 2. The minimum atomic E-state index is -0.912. The second kappa shape index (κ2) is 9.25. The summed E-state index contributed by atoms with van der Waals surface area (Å²) in [7, 11) is 0. The van der Waals surface area contributed by atoms with Crippen molar-refractivity contribution in [2.45, 2.75) is 19.8 Å². The predicted molar refractivity (Wildman–Crippen MR) is 124 cm³/mol. The molecule has 1 fully saturated rings. The van der Waals surface area contributed by atoms with Crippen molar-refractivity contribution in [2.24, 2.45) is 11.8 Å². The summed E-state index contributed by atoms with van der Waals surface area (Å²) in [4.78, 5) is 28.8. The minimum absolute atomic E-state index is 0.226. The van der Waals surface area contributed by atoms with Gasteiger partial charge in [-0.1, -0.05) is 29.8 Å². The zero-order valence-electron chi connectivity index (χ0n) is 17.8. The number of aryl methyl sites for hydroxylation is 1. The molecule has 1 aliphatic carbocycles. The number of benzene rings is 2. The van der Waals surface area contributed by atoms with Crippen LogP contribution in [0.3, 0.4) is 0 Å². The first-order chi connectivity index (χ1) is 15.0. The Morgan fingerprint density at radius 1 is 0.806 bits per heavy atom. The number of anilines is 3. The normalized spacial score (nSPS) is 21.1. The largest absolute Gasteiger partial charge is 0.481 e. The monoisotopic (exact) mass is 419 g/mol. The number of nitrogens with one attached hydrogen (secondary N) is 1. The lowest BCUT2D eigenvalue weighted by Crippen LogP contribution is -2.46. The van der Waals surface area contributed by atoms with Gasteiger partial charge in [-0.15, -0.1) is 0 Å². The molecule has 1 aliphatic heterocycles. The smallest absolute Gasteiger partial charge is 0.307 e. The molecule has 0 unspecified atom stereocenters. The fraction of sp³-hybridized carbons (Fsp3) is 0.360. The highest BCUT2D eigenvalue weighted by Crippen LogP contribution is 2.28. The lowest BCUT2D eigenvalue weighted by Gasteiger charge is -2.37. The number of carbonyl (C=O) groups is 2. The number of nitrogens with zero attached hydrogens (tertiary/aromatic N) is 2. The standard InChI is InChI=1S/C25H29N3O3/c1-18-6-10-20(11-7-18)27-14-16-28(17-15-27)21-12-8-19(9-13-21)26-24(29)22-4-2-3-5-23(22)25(30)31/h2-3,6-13,22-23H,4-5,14-17H2,1H3,(H,26,29)(H,30,31)/t22-,23+/m0/s1. The molecular weight excluding hydrogens is 390 g/mol. The molecule has 1 saturated heterocycles. The third kappa shape index (κ3) is 4.90. The SMILES string of the molecule is Cc1ccc(N2CCN(c3ccc(NC(=O)[C@H]4CC=CC[C@H]4C(=O)O)cc3)CC2)cc1. The van der Waals surface area contributed by atoms with E-state index in [1.54, 1.807) is 0 Å². The summed E-state index contributed by atoms with van der Waals surface area (Å²) in [6, 6.07) is 16.5. The molecule has 2 aromatic carbocycles. The van der Waals surface area contributed by atoms with Crippen molar-refractivity contribution >= 4 is 28.9 Å². The fourth-order valence-electron chi connectivity index (χ4n) is 4.35. The van der Waals surface area contributed by atoms with Gasteiger partial charge in [0.25, 0.3) is 0 Å². The van der Waals surface area contributed by atoms with Crippen LogP contribution in [0.2, 0.25) is 0 Å². The van der Waals surface area contributed by atoms with Crippen molar-refractivity contribution in [3.05, 3.63) is 66.2 Å².